The van der Waals surface area contributed by atoms with Crippen LogP contribution in [0, 0.1) is 0 Å². The summed E-state index contributed by atoms with van der Waals surface area (Å²) >= 11 is 12.0. The van der Waals surface area contributed by atoms with Crippen LogP contribution in [-0.2, 0) is 5.41 Å². The second-order valence-corrected chi connectivity index (χ2v) is 9.66. The molecule has 0 radical (unpaired) electrons. The molecule has 0 amide bonds. The molecule has 1 aliphatic heterocycles. The molecule has 2 aromatic carbocycles. The van der Waals surface area contributed by atoms with Crippen molar-refractivity contribution in [2.45, 2.75) is 38.4 Å². The maximum Gasteiger partial charge on any atom is 0.138 e. The second-order valence-electron chi connectivity index (χ2n) is 8.95. The van der Waals surface area contributed by atoms with Crippen LogP contribution in [0.3, 0.4) is 0 Å². The van der Waals surface area contributed by atoms with E-state index in [0.29, 0.717) is 28.8 Å². The van der Waals surface area contributed by atoms with Gasteiger partial charge in [-0.05, 0) is 42.3 Å². The summed E-state index contributed by atoms with van der Waals surface area (Å²) in [7, 11) is 0. The number of hydrogen-bond donors (Lipinski definition) is 5. The molecule has 1 aliphatic rings. The number of benzene rings is 2. The average Bonchev–Trinajstić information content (AvgIpc) is 3.20. The lowest BCUT2D eigenvalue weighted by atomic mass is 9.78. The quantitative estimate of drug-likeness (QED) is 0.269. The first-order chi connectivity index (χ1) is 16.6. The van der Waals surface area contributed by atoms with Crippen molar-refractivity contribution in [2.24, 2.45) is 0 Å². The minimum atomic E-state index is -0.750. The third-order valence-corrected chi connectivity index (χ3v) is 6.67. The molecule has 35 heavy (non-hydrogen) atoms. The molecule has 2 unspecified atom stereocenters. The Kier molecular flexibility index (Phi) is 9.52. The number of ether oxygens (including phenoxy) is 2. The highest BCUT2D eigenvalue weighted by Gasteiger charge is 2.25. The number of nitrogens with zero attached hydrogens (tertiary/aromatic N) is 1. The lowest BCUT2D eigenvalue weighted by molar-refractivity contribution is 0.0645. The van der Waals surface area contributed by atoms with Crippen molar-refractivity contribution in [3.63, 3.8) is 0 Å². The summed E-state index contributed by atoms with van der Waals surface area (Å²) in [5.41, 5.74) is 9.00. The van der Waals surface area contributed by atoms with Crippen molar-refractivity contribution in [1.82, 2.24) is 16.0 Å². The van der Waals surface area contributed by atoms with E-state index in [1.165, 1.54) is 0 Å². The standard InChI is InChI=1S/C25H33Cl2N3O5/c1-16-23(13-31)28-29-30(16)12-20(33)15-34-21-7-4-17(5-8-21)25(2,3)18-6-9-24(22(27)10-18)35-14-19(32)11-26/h4-10,19-20,28-29,31-33H,11-15H2,1-3H3. The molecular weight excluding hydrogens is 493 g/mol. The van der Waals surface area contributed by atoms with Crippen molar-refractivity contribution in [1.29, 1.82) is 0 Å². The van der Waals surface area contributed by atoms with Gasteiger partial charge in [-0.1, -0.05) is 43.6 Å². The Morgan fingerprint density at radius 1 is 1.00 bits per heavy atom. The Morgan fingerprint density at radius 3 is 2.26 bits per heavy atom. The Hall–Kier alpha value is -2.20. The number of β-amino-alcohol motifs (C(OH)–C–C–N with tert-alkyl or cyclic N) is 1. The normalized spacial score (nSPS) is 15.7. The van der Waals surface area contributed by atoms with Gasteiger partial charge in [-0.15, -0.1) is 17.1 Å². The van der Waals surface area contributed by atoms with Crippen molar-refractivity contribution < 1.29 is 24.8 Å². The first-order valence-corrected chi connectivity index (χ1v) is 12.2. The van der Waals surface area contributed by atoms with Crippen molar-refractivity contribution in [2.75, 3.05) is 32.2 Å². The molecule has 3 rings (SSSR count). The Labute approximate surface area is 216 Å². The molecule has 1 heterocycles. The fraction of sp³-hybridized carbons (Fsp3) is 0.440. The minimum absolute atomic E-state index is 0.0769. The van der Waals surface area contributed by atoms with Crippen LogP contribution in [0.4, 0.5) is 0 Å². The zero-order valence-electron chi connectivity index (χ0n) is 20.1. The van der Waals surface area contributed by atoms with Gasteiger partial charge in [0.1, 0.15) is 36.9 Å². The first kappa shape index (κ1) is 27.4. The molecule has 0 spiro atoms. The van der Waals surface area contributed by atoms with Crippen LogP contribution < -0.4 is 20.4 Å². The Morgan fingerprint density at radius 2 is 1.66 bits per heavy atom. The molecular formula is C25H33Cl2N3O5. The number of allylic oxidation sites excluding steroid dienone is 1. The van der Waals surface area contributed by atoms with E-state index >= 15 is 0 Å². The third kappa shape index (κ3) is 6.94. The van der Waals surface area contributed by atoms with E-state index in [2.05, 4.69) is 24.8 Å². The fourth-order valence-corrected chi connectivity index (χ4v) is 3.96. The number of hydrogen-bond acceptors (Lipinski definition) is 8. The van der Waals surface area contributed by atoms with Gasteiger partial charge >= 0.3 is 0 Å². The van der Waals surface area contributed by atoms with Crippen molar-refractivity contribution in [3.8, 4) is 11.5 Å². The third-order valence-electron chi connectivity index (χ3n) is 6.02. The molecule has 0 fully saturated rings. The predicted molar refractivity (Wildman–Crippen MR) is 137 cm³/mol. The van der Waals surface area contributed by atoms with Crippen LogP contribution >= 0.6 is 23.2 Å². The molecule has 0 aromatic heterocycles. The SMILES string of the molecule is CC1=C(CO)NNN1CC(O)COc1ccc(C(C)(C)c2ccc(OCC(O)CCl)c(Cl)c2)cc1. The zero-order chi connectivity index (χ0) is 25.6. The zero-order valence-corrected chi connectivity index (χ0v) is 21.6. The smallest absolute Gasteiger partial charge is 0.138 e. The van der Waals surface area contributed by atoms with Crippen LogP contribution in [0.2, 0.25) is 5.02 Å². The van der Waals surface area contributed by atoms with Gasteiger partial charge in [0, 0.05) is 5.41 Å². The first-order valence-electron chi connectivity index (χ1n) is 11.3. The lowest BCUT2D eigenvalue weighted by Crippen LogP contribution is -2.43. The number of hydrazine groups is 2. The van der Waals surface area contributed by atoms with Gasteiger partial charge < -0.3 is 30.2 Å². The number of alkyl halides is 1. The van der Waals surface area contributed by atoms with Gasteiger partial charge in [-0.2, -0.15) is 0 Å². The van der Waals surface area contributed by atoms with Gasteiger partial charge in [0.2, 0.25) is 0 Å². The van der Waals surface area contributed by atoms with E-state index in [4.69, 9.17) is 32.7 Å². The molecule has 2 aromatic rings. The van der Waals surface area contributed by atoms with Crippen molar-refractivity contribution in [3.05, 3.63) is 70.0 Å². The van der Waals surface area contributed by atoms with E-state index in [9.17, 15) is 15.3 Å². The van der Waals surface area contributed by atoms with Gasteiger partial charge in [-0.3, -0.25) is 5.01 Å². The molecule has 0 bridgehead atoms. The van der Waals surface area contributed by atoms with E-state index < -0.39 is 12.2 Å². The molecule has 5 N–H and O–H groups in total. The maximum absolute atomic E-state index is 10.3. The largest absolute Gasteiger partial charge is 0.491 e. The van der Waals surface area contributed by atoms with Crippen LogP contribution in [-0.4, -0.2) is 64.8 Å². The van der Waals surface area contributed by atoms with E-state index in [-0.39, 0.29) is 31.1 Å². The topological polar surface area (TPSA) is 106 Å². The highest BCUT2D eigenvalue weighted by Crippen LogP contribution is 2.36. The molecule has 10 heteroatoms. The van der Waals surface area contributed by atoms with Crippen molar-refractivity contribution >= 4 is 23.2 Å². The lowest BCUT2D eigenvalue weighted by Gasteiger charge is -2.27. The van der Waals surface area contributed by atoms with Crippen LogP contribution in [0.25, 0.3) is 0 Å². The Bertz CT molecular complexity index is 1020. The van der Waals surface area contributed by atoms with Gasteiger partial charge in [-0.25, -0.2) is 0 Å². The predicted octanol–water partition coefficient (Wildman–Crippen LogP) is 2.93. The summed E-state index contributed by atoms with van der Waals surface area (Å²) < 4.78 is 11.3. The molecule has 8 nitrogen and oxygen atoms in total. The molecule has 0 aliphatic carbocycles. The number of halogens is 2. The van der Waals surface area contributed by atoms with Gasteiger partial charge in [0.15, 0.2) is 0 Å². The average molecular weight is 526 g/mol. The number of nitrogens with one attached hydrogen (secondary N) is 2. The summed E-state index contributed by atoms with van der Waals surface area (Å²) in [4.78, 5) is 0. The summed E-state index contributed by atoms with van der Waals surface area (Å²) in [6.45, 7) is 6.46. The number of rotatable bonds is 12. The van der Waals surface area contributed by atoms with E-state index in [1.54, 1.807) is 11.1 Å². The van der Waals surface area contributed by atoms with E-state index in [1.807, 2.05) is 43.3 Å². The number of aliphatic hydroxyl groups excluding tert-OH is 3. The minimum Gasteiger partial charge on any atom is -0.491 e. The second kappa shape index (κ2) is 12.2. The highest BCUT2D eigenvalue weighted by atomic mass is 35.5. The van der Waals surface area contributed by atoms with E-state index in [0.717, 1.165) is 16.8 Å². The fourth-order valence-electron chi connectivity index (χ4n) is 3.64. The molecule has 0 saturated carbocycles. The molecule has 0 saturated heterocycles. The molecule has 192 valence electrons. The van der Waals surface area contributed by atoms with Crippen LogP contribution in [0.1, 0.15) is 31.9 Å². The summed E-state index contributed by atoms with van der Waals surface area (Å²) in [5.74, 6) is 1.24. The van der Waals surface area contributed by atoms with Crippen LogP contribution in [0.5, 0.6) is 11.5 Å². The van der Waals surface area contributed by atoms with Gasteiger partial charge in [0.05, 0.1) is 35.4 Å². The van der Waals surface area contributed by atoms with Gasteiger partial charge in [0.25, 0.3) is 0 Å². The maximum atomic E-state index is 10.3. The molecule has 2 atom stereocenters. The summed E-state index contributed by atoms with van der Waals surface area (Å²) in [6.07, 6.45) is -1.48. The monoisotopic (exact) mass is 525 g/mol. The Balaban J connectivity index is 1.58. The van der Waals surface area contributed by atoms with Crippen LogP contribution in [0.15, 0.2) is 53.9 Å². The highest BCUT2D eigenvalue weighted by molar-refractivity contribution is 6.32. The summed E-state index contributed by atoms with van der Waals surface area (Å²) in [5, 5.41) is 31.4. The number of aliphatic hydroxyl groups is 3. The summed E-state index contributed by atoms with van der Waals surface area (Å²) in [6, 6.07) is 13.3.